The molecule has 3 aliphatic rings. The summed E-state index contributed by atoms with van der Waals surface area (Å²) in [7, 11) is 3.68. The van der Waals surface area contributed by atoms with E-state index in [2.05, 4.69) is 37.8 Å². The zero-order chi connectivity index (χ0) is 25.9. The van der Waals surface area contributed by atoms with E-state index in [1.165, 1.54) is 12.8 Å². The molecule has 10 heteroatoms. The highest BCUT2D eigenvalue weighted by molar-refractivity contribution is 5.97. The fourth-order valence-corrected chi connectivity index (χ4v) is 5.48. The SMILES string of the molecule is COc1cc(C(=O)NC2CCN(C)CC2)ccc1Nc1ncc2c(n1)N(C1CCCC1)CC(C)C(=O)N2. The van der Waals surface area contributed by atoms with Crippen molar-refractivity contribution in [1.82, 2.24) is 20.2 Å². The molecule has 1 aliphatic carbocycles. The third-order valence-corrected chi connectivity index (χ3v) is 7.75. The zero-order valence-corrected chi connectivity index (χ0v) is 21.9. The highest BCUT2D eigenvalue weighted by Crippen LogP contribution is 2.36. The minimum atomic E-state index is -0.139. The highest BCUT2D eigenvalue weighted by atomic mass is 16.5. The molecule has 0 bridgehead atoms. The van der Waals surface area contributed by atoms with E-state index in [1.54, 1.807) is 25.4 Å². The van der Waals surface area contributed by atoms with Crippen LogP contribution < -0.4 is 25.6 Å². The van der Waals surface area contributed by atoms with Crippen molar-refractivity contribution in [3.63, 3.8) is 0 Å². The Morgan fingerprint density at radius 2 is 1.92 bits per heavy atom. The normalized spacial score (nSPS) is 21.2. The van der Waals surface area contributed by atoms with Gasteiger partial charge >= 0.3 is 0 Å². The molecular formula is C27H37N7O3. The smallest absolute Gasteiger partial charge is 0.251 e. The van der Waals surface area contributed by atoms with Gasteiger partial charge in [0.1, 0.15) is 11.4 Å². The predicted octanol–water partition coefficient (Wildman–Crippen LogP) is 3.39. The molecule has 10 nitrogen and oxygen atoms in total. The number of carbonyl (C=O) groups is 2. The third-order valence-electron chi connectivity index (χ3n) is 7.75. The molecule has 37 heavy (non-hydrogen) atoms. The predicted molar refractivity (Wildman–Crippen MR) is 144 cm³/mol. The first kappa shape index (κ1) is 25.3. The van der Waals surface area contributed by atoms with E-state index >= 15 is 0 Å². The van der Waals surface area contributed by atoms with Gasteiger partial charge in [-0.3, -0.25) is 9.59 Å². The van der Waals surface area contributed by atoms with Crippen molar-refractivity contribution >= 4 is 35.0 Å². The van der Waals surface area contributed by atoms with Crippen LogP contribution in [0.4, 0.5) is 23.1 Å². The first-order valence-electron chi connectivity index (χ1n) is 13.3. The number of fused-ring (bicyclic) bond motifs is 1. The first-order chi connectivity index (χ1) is 17.9. The van der Waals surface area contributed by atoms with Crippen LogP contribution >= 0.6 is 0 Å². The van der Waals surface area contributed by atoms with Gasteiger partial charge in [0.2, 0.25) is 11.9 Å². The van der Waals surface area contributed by atoms with Crippen LogP contribution in [0.3, 0.4) is 0 Å². The summed E-state index contributed by atoms with van der Waals surface area (Å²) in [5, 5.41) is 9.39. The average molecular weight is 508 g/mol. The minimum Gasteiger partial charge on any atom is -0.495 e. The Kier molecular flexibility index (Phi) is 7.45. The lowest BCUT2D eigenvalue weighted by atomic mass is 10.0. The van der Waals surface area contributed by atoms with E-state index in [4.69, 9.17) is 9.72 Å². The molecule has 3 N–H and O–H groups in total. The number of ether oxygens (including phenoxy) is 1. The van der Waals surface area contributed by atoms with E-state index in [-0.39, 0.29) is 23.8 Å². The summed E-state index contributed by atoms with van der Waals surface area (Å²) in [4.78, 5) is 39.3. The monoisotopic (exact) mass is 507 g/mol. The summed E-state index contributed by atoms with van der Waals surface area (Å²) in [5.74, 6) is 1.44. The first-order valence-corrected chi connectivity index (χ1v) is 13.3. The van der Waals surface area contributed by atoms with Gasteiger partial charge in [-0.2, -0.15) is 4.98 Å². The highest BCUT2D eigenvalue weighted by Gasteiger charge is 2.32. The number of anilines is 4. The van der Waals surface area contributed by atoms with E-state index in [0.29, 0.717) is 41.2 Å². The number of hydrogen-bond acceptors (Lipinski definition) is 8. The molecule has 1 aromatic heterocycles. The van der Waals surface area contributed by atoms with E-state index in [1.807, 2.05) is 13.0 Å². The molecule has 5 rings (SSSR count). The van der Waals surface area contributed by atoms with Crippen molar-refractivity contribution in [3.05, 3.63) is 30.0 Å². The number of benzene rings is 1. The Labute approximate surface area is 218 Å². The number of rotatable bonds is 6. The van der Waals surface area contributed by atoms with Crippen LogP contribution in [-0.4, -0.2) is 72.6 Å². The Morgan fingerprint density at radius 1 is 1.16 bits per heavy atom. The number of nitrogens with zero attached hydrogens (tertiary/aromatic N) is 4. The second-order valence-electron chi connectivity index (χ2n) is 10.5. The summed E-state index contributed by atoms with van der Waals surface area (Å²) in [5.41, 5.74) is 1.85. The van der Waals surface area contributed by atoms with Crippen LogP contribution in [-0.2, 0) is 4.79 Å². The van der Waals surface area contributed by atoms with Gasteiger partial charge in [0.15, 0.2) is 5.82 Å². The molecule has 1 saturated carbocycles. The van der Waals surface area contributed by atoms with E-state index < -0.39 is 0 Å². The molecule has 1 unspecified atom stereocenters. The molecule has 3 heterocycles. The van der Waals surface area contributed by atoms with Crippen molar-refractivity contribution in [2.75, 3.05) is 49.3 Å². The van der Waals surface area contributed by atoms with Crippen molar-refractivity contribution in [2.24, 2.45) is 5.92 Å². The number of carbonyl (C=O) groups excluding carboxylic acids is 2. The largest absolute Gasteiger partial charge is 0.495 e. The molecule has 2 aromatic rings. The number of nitrogens with one attached hydrogen (secondary N) is 3. The van der Waals surface area contributed by atoms with Gasteiger partial charge in [-0.15, -0.1) is 0 Å². The molecule has 0 spiro atoms. The van der Waals surface area contributed by atoms with Gasteiger partial charge in [0.25, 0.3) is 5.91 Å². The van der Waals surface area contributed by atoms with Crippen LogP contribution in [0.15, 0.2) is 24.4 Å². The van der Waals surface area contributed by atoms with Crippen molar-refractivity contribution in [2.45, 2.75) is 57.5 Å². The standard InChI is InChI=1S/C27H37N7O3/c1-17-16-34(20-6-4-5-7-20)24-22(30-25(17)35)15-28-27(32-24)31-21-9-8-18(14-23(21)37-3)26(36)29-19-10-12-33(2)13-11-19/h8-9,14-15,17,19-20H,4-7,10-13,16H2,1-3H3,(H,29,36)(H,30,35)(H,28,31,32). The van der Waals surface area contributed by atoms with E-state index in [0.717, 1.165) is 44.6 Å². The van der Waals surface area contributed by atoms with Crippen molar-refractivity contribution in [3.8, 4) is 5.75 Å². The molecule has 2 fully saturated rings. The Hall–Kier alpha value is -3.40. The Morgan fingerprint density at radius 3 is 2.65 bits per heavy atom. The molecule has 1 aromatic carbocycles. The van der Waals surface area contributed by atoms with E-state index in [9.17, 15) is 9.59 Å². The molecule has 2 amide bonds. The summed E-state index contributed by atoms with van der Waals surface area (Å²) >= 11 is 0. The lowest BCUT2D eigenvalue weighted by Gasteiger charge is -2.30. The van der Waals surface area contributed by atoms with Crippen LogP contribution in [0.25, 0.3) is 0 Å². The third kappa shape index (κ3) is 5.64. The number of amides is 2. The second-order valence-corrected chi connectivity index (χ2v) is 10.5. The van der Waals surface area contributed by atoms with Gasteiger partial charge in [-0.05, 0) is 64.0 Å². The van der Waals surface area contributed by atoms with Gasteiger partial charge in [0, 0.05) is 24.2 Å². The summed E-state index contributed by atoms with van der Waals surface area (Å²) in [6, 6.07) is 5.89. The molecule has 1 atom stereocenters. The fourth-order valence-electron chi connectivity index (χ4n) is 5.48. The molecular weight excluding hydrogens is 470 g/mol. The van der Waals surface area contributed by atoms with Crippen molar-refractivity contribution < 1.29 is 14.3 Å². The molecule has 2 aliphatic heterocycles. The minimum absolute atomic E-state index is 0.0122. The zero-order valence-electron chi connectivity index (χ0n) is 21.9. The van der Waals surface area contributed by atoms with Crippen LogP contribution in [0.5, 0.6) is 5.75 Å². The number of piperidine rings is 1. The number of methoxy groups -OCH3 is 1. The number of hydrogen-bond donors (Lipinski definition) is 3. The van der Waals surface area contributed by atoms with Crippen LogP contribution in [0.1, 0.15) is 55.8 Å². The summed E-state index contributed by atoms with van der Waals surface area (Å²) < 4.78 is 5.60. The van der Waals surface area contributed by atoms with Crippen molar-refractivity contribution in [1.29, 1.82) is 0 Å². The van der Waals surface area contributed by atoms with Gasteiger partial charge in [-0.25, -0.2) is 4.98 Å². The van der Waals surface area contributed by atoms with Gasteiger partial charge in [-0.1, -0.05) is 19.8 Å². The van der Waals surface area contributed by atoms with Crippen LogP contribution in [0.2, 0.25) is 0 Å². The fraction of sp³-hybridized carbons (Fsp3) is 0.556. The maximum Gasteiger partial charge on any atom is 0.251 e. The second kappa shape index (κ2) is 10.9. The number of likely N-dealkylation sites (tertiary alicyclic amines) is 1. The van der Waals surface area contributed by atoms with Crippen LogP contribution in [0, 0.1) is 5.92 Å². The average Bonchev–Trinajstić information content (AvgIpc) is 3.40. The molecule has 0 radical (unpaired) electrons. The Balaban J connectivity index is 1.35. The lowest BCUT2D eigenvalue weighted by Crippen LogP contribution is -2.43. The maximum atomic E-state index is 12.9. The quantitative estimate of drug-likeness (QED) is 0.546. The summed E-state index contributed by atoms with van der Waals surface area (Å²) in [6.07, 6.45) is 8.15. The molecule has 1 saturated heterocycles. The molecule has 198 valence electrons. The van der Waals surface area contributed by atoms with Gasteiger partial charge in [0.05, 0.1) is 24.9 Å². The lowest BCUT2D eigenvalue weighted by molar-refractivity contribution is -0.119. The Bertz CT molecular complexity index is 1140. The topological polar surface area (TPSA) is 112 Å². The maximum absolute atomic E-state index is 12.9. The summed E-state index contributed by atoms with van der Waals surface area (Å²) in [6.45, 7) is 4.55. The van der Waals surface area contributed by atoms with Gasteiger partial charge < -0.3 is 30.5 Å². The number of aromatic nitrogens is 2.